The number of ether oxygens (including phenoxy) is 1. The molecule has 38 heavy (non-hydrogen) atoms. The normalized spacial score (nSPS) is 12.0. The maximum Gasteiger partial charge on any atom is 0.248 e. The Bertz CT molecular complexity index is 663. The second kappa shape index (κ2) is 24.1. The number of unbranched alkanes of at least 4 members (excludes halogenated alkanes) is 14. The molecule has 0 radical (unpaired) electrons. The van der Waals surface area contributed by atoms with Crippen molar-refractivity contribution in [2.24, 2.45) is 5.73 Å². The van der Waals surface area contributed by atoms with Crippen LogP contribution in [0.3, 0.4) is 0 Å². The Balaban J connectivity index is 2.27. The number of aromatic nitrogens is 2. The summed E-state index contributed by atoms with van der Waals surface area (Å²) < 4.78 is 5.61. The van der Waals surface area contributed by atoms with E-state index < -0.39 is 6.04 Å². The monoisotopic (exact) mass is 535 g/mol. The summed E-state index contributed by atoms with van der Waals surface area (Å²) in [6.07, 6.45) is 23.8. The maximum atomic E-state index is 12.9. The second-order valence-electron chi connectivity index (χ2n) is 10.6. The minimum Gasteiger partial charge on any atom is -0.370 e. The van der Waals surface area contributed by atoms with Crippen molar-refractivity contribution in [3.8, 4) is 0 Å². The van der Waals surface area contributed by atoms with Crippen molar-refractivity contribution in [3.05, 3.63) is 18.2 Å². The first-order valence-corrected chi connectivity index (χ1v) is 15.4. The van der Waals surface area contributed by atoms with Gasteiger partial charge in [0.25, 0.3) is 0 Å². The predicted molar refractivity (Wildman–Crippen MR) is 156 cm³/mol. The van der Waals surface area contributed by atoms with Crippen LogP contribution in [0.4, 0.5) is 0 Å². The number of hydrogen-bond donors (Lipinski definition) is 3. The van der Waals surface area contributed by atoms with E-state index in [1.165, 1.54) is 89.9 Å². The van der Waals surface area contributed by atoms with Crippen LogP contribution in [0.25, 0.3) is 0 Å². The lowest BCUT2D eigenvalue weighted by molar-refractivity contribution is -0.136. The zero-order valence-electron chi connectivity index (χ0n) is 24.5. The largest absolute Gasteiger partial charge is 0.370 e. The third kappa shape index (κ3) is 18.3. The number of aromatic amines is 1. The molecule has 1 rings (SSSR count). The van der Waals surface area contributed by atoms with Gasteiger partial charge < -0.3 is 25.7 Å². The molecule has 1 aromatic heterocycles. The smallest absolute Gasteiger partial charge is 0.248 e. The average molecular weight is 536 g/mol. The van der Waals surface area contributed by atoms with Crippen molar-refractivity contribution in [2.45, 2.75) is 129 Å². The van der Waals surface area contributed by atoms with Crippen LogP contribution in [0, 0.1) is 0 Å². The molecule has 0 aliphatic rings. The molecule has 0 aliphatic heterocycles. The summed E-state index contributed by atoms with van der Waals surface area (Å²) in [6.45, 7) is 6.80. The molecule has 4 N–H and O–H groups in total. The van der Waals surface area contributed by atoms with Gasteiger partial charge in [-0.1, -0.05) is 104 Å². The van der Waals surface area contributed by atoms with E-state index in [9.17, 15) is 9.59 Å². The molecule has 0 saturated heterocycles. The standard InChI is InChI=1S/C30H57N5O3/c1-3-5-7-9-11-13-15-17-20-35(21-18-16-14-12-10-8-6-4-2)29(36)25-38-22-19-33-30(37)28(31)23-27-24-32-26-34-27/h24,26,28H,3-23,25,31H2,1-2H3,(H,32,34)(H,33,37). The first-order chi connectivity index (χ1) is 18.6. The zero-order valence-corrected chi connectivity index (χ0v) is 24.5. The van der Waals surface area contributed by atoms with Crippen molar-refractivity contribution in [3.63, 3.8) is 0 Å². The minimum absolute atomic E-state index is 0.0539. The molecule has 0 fully saturated rings. The third-order valence-corrected chi connectivity index (χ3v) is 7.02. The lowest BCUT2D eigenvalue weighted by Gasteiger charge is -2.23. The summed E-state index contributed by atoms with van der Waals surface area (Å²) in [5.74, 6) is -0.182. The Hall–Kier alpha value is -1.93. The molecule has 8 heteroatoms. The molecule has 220 valence electrons. The molecular formula is C30H57N5O3. The van der Waals surface area contributed by atoms with Gasteiger partial charge in [0.05, 0.1) is 19.0 Å². The molecule has 0 aromatic carbocycles. The fraction of sp³-hybridized carbons (Fsp3) is 0.833. The van der Waals surface area contributed by atoms with Gasteiger partial charge in [-0.25, -0.2) is 4.98 Å². The summed E-state index contributed by atoms with van der Waals surface area (Å²) >= 11 is 0. The lowest BCUT2D eigenvalue weighted by Crippen LogP contribution is -2.43. The maximum absolute atomic E-state index is 12.9. The SMILES string of the molecule is CCCCCCCCCCN(CCCCCCCCCC)C(=O)COCCNC(=O)C(N)Cc1cnc[nH]1. The van der Waals surface area contributed by atoms with Gasteiger partial charge in [0, 0.05) is 37.9 Å². The number of carbonyl (C=O) groups excluding carboxylic acids is 2. The molecule has 1 atom stereocenters. The van der Waals surface area contributed by atoms with Gasteiger partial charge in [0.1, 0.15) is 6.61 Å². The van der Waals surface area contributed by atoms with Crippen LogP contribution in [0.5, 0.6) is 0 Å². The van der Waals surface area contributed by atoms with Gasteiger partial charge in [-0.05, 0) is 12.8 Å². The third-order valence-electron chi connectivity index (χ3n) is 7.02. The zero-order chi connectivity index (χ0) is 27.7. The number of H-pyrrole nitrogens is 1. The van der Waals surface area contributed by atoms with Crippen LogP contribution in [-0.4, -0.2) is 65.6 Å². The minimum atomic E-state index is -0.647. The second-order valence-corrected chi connectivity index (χ2v) is 10.6. The van der Waals surface area contributed by atoms with Gasteiger partial charge in [-0.15, -0.1) is 0 Å². The van der Waals surface area contributed by atoms with Crippen LogP contribution in [0.1, 0.15) is 122 Å². The molecule has 1 heterocycles. The van der Waals surface area contributed by atoms with Crippen molar-refractivity contribution in [1.29, 1.82) is 0 Å². The summed E-state index contributed by atoms with van der Waals surface area (Å²) in [5, 5.41) is 2.78. The quantitative estimate of drug-likeness (QED) is 0.135. The molecule has 1 aromatic rings. The fourth-order valence-electron chi connectivity index (χ4n) is 4.59. The number of amides is 2. The Labute approximate surface area is 232 Å². The van der Waals surface area contributed by atoms with Gasteiger partial charge >= 0.3 is 0 Å². The number of nitrogens with zero attached hydrogens (tertiary/aromatic N) is 2. The summed E-state index contributed by atoms with van der Waals surface area (Å²) in [5.41, 5.74) is 6.77. The average Bonchev–Trinajstić information content (AvgIpc) is 3.43. The van der Waals surface area contributed by atoms with Crippen LogP contribution < -0.4 is 11.1 Å². The Morgan fingerprint density at radius 3 is 1.92 bits per heavy atom. The highest BCUT2D eigenvalue weighted by Crippen LogP contribution is 2.11. The van der Waals surface area contributed by atoms with Crippen molar-refractivity contribution < 1.29 is 14.3 Å². The van der Waals surface area contributed by atoms with Crippen molar-refractivity contribution in [2.75, 3.05) is 32.8 Å². The molecule has 2 amide bonds. The number of hydrogen-bond acceptors (Lipinski definition) is 5. The number of nitrogens with two attached hydrogens (primary N) is 1. The predicted octanol–water partition coefficient (Wildman–Crippen LogP) is 5.52. The summed E-state index contributed by atoms with van der Waals surface area (Å²) in [4.78, 5) is 33.9. The van der Waals surface area contributed by atoms with E-state index >= 15 is 0 Å². The molecule has 0 spiro atoms. The topological polar surface area (TPSA) is 113 Å². The highest BCUT2D eigenvalue weighted by atomic mass is 16.5. The number of carbonyl (C=O) groups is 2. The number of imidazole rings is 1. The number of rotatable bonds is 26. The fourth-order valence-corrected chi connectivity index (χ4v) is 4.59. The van der Waals surface area contributed by atoms with Gasteiger partial charge in [-0.3, -0.25) is 9.59 Å². The molecule has 0 bridgehead atoms. The first-order valence-electron chi connectivity index (χ1n) is 15.4. The van der Waals surface area contributed by atoms with Gasteiger partial charge in [0.15, 0.2) is 0 Å². The van der Waals surface area contributed by atoms with E-state index in [1.54, 1.807) is 12.5 Å². The van der Waals surface area contributed by atoms with Crippen LogP contribution in [-0.2, 0) is 20.7 Å². The van der Waals surface area contributed by atoms with Crippen LogP contribution in [0.2, 0.25) is 0 Å². The number of nitrogens with one attached hydrogen (secondary N) is 2. The van der Waals surface area contributed by atoms with E-state index in [0.29, 0.717) is 13.0 Å². The van der Waals surface area contributed by atoms with E-state index in [-0.39, 0.29) is 25.0 Å². The Kier molecular flexibility index (Phi) is 21.7. The van der Waals surface area contributed by atoms with E-state index in [1.807, 2.05) is 4.90 Å². The van der Waals surface area contributed by atoms with Gasteiger partial charge in [0.2, 0.25) is 11.8 Å². The highest BCUT2D eigenvalue weighted by molar-refractivity contribution is 5.81. The van der Waals surface area contributed by atoms with E-state index in [2.05, 4.69) is 29.1 Å². The van der Waals surface area contributed by atoms with E-state index in [0.717, 1.165) is 31.6 Å². The summed E-state index contributed by atoms with van der Waals surface area (Å²) in [7, 11) is 0. The van der Waals surface area contributed by atoms with Crippen molar-refractivity contribution >= 4 is 11.8 Å². The summed E-state index contributed by atoms with van der Waals surface area (Å²) in [6, 6.07) is -0.647. The Morgan fingerprint density at radius 2 is 1.42 bits per heavy atom. The lowest BCUT2D eigenvalue weighted by atomic mass is 10.1. The molecule has 0 aliphatic carbocycles. The molecular weight excluding hydrogens is 478 g/mol. The Morgan fingerprint density at radius 1 is 0.895 bits per heavy atom. The van der Waals surface area contributed by atoms with Crippen molar-refractivity contribution in [1.82, 2.24) is 20.2 Å². The van der Waals surface area contributed by atoms with Crippen LogP contribution in [0.15, 0.2) is 12.5 Å². The van der Waals surface area contributed by atoms with E-state index in [4.69, 9.17) is 10.5 Å². The highest BCUT2D eigenvalue weighted by Gasteiger charge is 2.15. The molecule has 8 nitrogen and oxygen atoms in total. The molecule has 1 unspecified atom stereocenters. The van der Waals surface area contributed by atoms with Crippen LogP contribution >= 0.6 is 0 Å². The first kappa shape index (κ1) is 34.1. The molecule has 0 saturated carbocycles. The van der Waals surface area contributed by atoms with Gasteiger partial charge in [-0.2, -0.15) is 0 Å².